The Morgan fingerprint density at radius 3 is 2.82 bits per heavy atom. The molecule has 0 atom stereocenters. The second kappa shape index (κ2) is 5.28. The van der Waals surface area contributed by atoms with Gasteiger partial charge in [-0.05, 0) is 12.1 Å². The Bertz CT molecular complexity index is 757. The normalized spacial score (nSPS) is 15.7. The SMILES string of the molecule is O=C1CN=C(c2cnc3ccccc3c2)NN1CC(F)(F)F. The van der Waals surface area contributed by atoms with Crippen LogP contribution in [0, 0.1) is 0 Å². The van der Waals surface area contributed by atoms with E-state index in [9.17, 15) is 18.0 Å². The quantitative estimate of drug-likeness (QED) is 0.922. The molecule has 2 aromatic rings. The van der Waals surface area contributed by atoms with Gasteiger partial charge in [0.25, 0.3) is 5.91 Å². The number of nitrogens with one attached hydrogen (secondary N) is 1. The summed E-state index contributed by atoms with van der Waals surface area (Å²) in [4.78, 5) is 19.7. The van der Waals surface area contributed by atoms with Crippen molar-refractivity contribution in [2.45, 2.75) is 6.18 Å². The van der Waals surface area contributed by atoms with Gasteiger partial charge in [0.2, 0.25) is 0 Å². The van der Waals surface area contributed by atoms with Crippen molar-refractivity contribution in [2.24, 2.45) is 4.99 Å². The van der Waals surface area contributed by atoms with E-state index in [4.69, 9.17) is 0 Å². The summed E-state index contributed by atoms with van der Waals surface area (Å²) in [7, 11) is 0. The first-order chi connectivity index (χ1) is 10.4. The van der Waals surface area contributed by atoms with Gasteiger partial charge in [0.05, 0.1) is 5.52 Å². The second-order valence-corrected chi connectivity index (χ2v) is 4.79. The van der Waals surface area contributed by atoms with Crippen LogP contribution in [-0.2, 0) is 4.79 Å². The fourth-order valence-electron chi connectivity index (χ4n) is 2.12. The van der Waals surface area contributed by atoms with Crippen molar-refractivity contribution < 1.29 is 18.0 Å². The lowest BCUT2D eigenvalue weighted by molar-refractivity contribution is -0.164. The van der Waals surface area contributed by atoms with Gasteiger partial charge in [-0.3, -0.25) is 20.2 Å². The molecule has 0 saturated carbocycles. The zero-order valence-corrected chi connectivity index (χ0v) is 11.3. The number of amides is 1. The number of para-hydroxylation sites is 1. The number of pyridine rings is 1. The number of hydrogen-bond acceptors (Lipinski definition) is 4. The lowest BCUT2D eigenvalue weighted by Crippen LogP contribution is -2.54. The molecule has 22 heavy (non-hydrogen) atoms. The highest BCUT2D eigenvalue weighted by Gasteiger charge is 2.35. The third-order valence-electron chi connectivity index (χ3n) is 3.12. The van der Waals surface area contributed by atoms with E-state index in [0.29, 0.717) is 10.6 Å². The molecule has 1 aromatic heterocycles. The number of hydrogen-bond donors (Lipinski definition) is 1. The summed E-state index contributed by atoms with van der Waals surface area (Å²) in [6, 6.07) is 9.11. The number of aromatic nitrogens is 1. The maximum absolute atomic E-state index is 12.5. The van der Waals surface area contributed by atoms with Gasteiger partial charge in [0.1, 0.15) is 18.9 Å². The molecule has 0 aliphatic carbocycles. The van der Waals surface area contributed by atoms with Crippen LogP contribution in [0.4, 0.5) is 13.2 Å². The fraction of sp³-hybridized carbons (Fsp3) is 0.214. The highest BCUT2D eigenvalue weighted by molar-refractivity contribution is 6.04. The lowest BCUT2D eigenvalue weighted by Gasteiger charge is -2.28. The van der Waals surface area contributed by atoms with Crippen LogP contribution in [0.1, 0.15) is 5.56 Å². The van der Waals surface area contributed by atoms with Crippen molar-refractivity contribution in [3.63, 3.8) is 0 Å². The monoisotopic (exact) mass is 308 g/mol. The third kappa shape index (κ3) is 3.00. The zero-order valence-electron chi connectivity index (χ0n) is 11.3. The number of benzene rings is 1. The van der Waals surface area contributed by atoms with E-state index in [0.717, 1.165) is 10.9 Å². The molecule has 0 unspecified atom stereocenters. The Kier molecular flexibility index (Phi) is 3.44. The third-order valence-corrected chi connectivity index (χ3v) is 3.12. The van der Waals surface area contributed by atoms with Crippen LogP contribution >= 0.6 is 0 Å². The van der Waals surface area contributed by atoms with E-state index in [1.807, 2.05) is 24.3 Å². The van der Waals surface area contributed by atoms with Crippen molar-refractivity contribution >= 4 is 22.6 Å². The van der Waals surface area contributed by atoms with E-state index in [-0.39, 0.29) is 12.4 Å². The molecule has 0 fully saturated rings. The van der Waals surface area contributed by atoms with Gasteiger partial charge in [0.15, 0.2) is 0 Å². The number of halogens is 3. The number of rotatable bonds is 2. The summed E-state index contributed by atoms with van der Waals surface area (Å²) in [5.74, 6) is -0.531. The molecule has 2 heterocycles. The van der Waals surface area contributed by atoms with Crippen LogP contribution in [0.25, 0.3) is 10.9 Å². The van der Waals surface area contributed by atoms with Crippen molar-refractivity contribution in [1.29, 1.82) is 0 Å². The zero-order chi connectivity index (χ0) is 15.7. The average Bonchev–Trinajstić information content (AvgIpc) is 2.48. The van der Waals surface area contributed by atoms with Crippen LogP contribution in [0.15, 0.2) is 41.5 Å². The first-order valence-electron chi connectivity index (χ1n) is 6.46. The summed E-state index contributed by atoms with van der Waals surface area (Å²) >= 11 is 0. The molecule has 0 radical (unpaired) electrons. The minimum Gasteiger partial charge on any atom is -0.279 e. The Morgan fingerprint density at radius 2 is 2.05 bits per heavy atom. The van der Waals surface area contributed by atoms with Gasteiger partial charge in [-0.25, -0.2) is 5.01 Å². The topological polar surface area (TPSA) is 57.6 Å². The molecule has 0 spiro atoms. The van der Waals surface area contributed by atoms with Gasteiger partial charge in [-0.1, -0.05) is 18.2 Å². The number of alkyl halides is 3. The average molecular weight is 308 g/mol. The van der Waals surface area contributed by atoms with Gasteiger partial charge >= 0.3 is 6.18 Å². The minimum absolute atomic E-state index is 0.196. The number of amidine groups is 1. The molecule has 0 saturated heterocycles. The molecule has 114 valence electrons. The van der Waals surface area contributed by atoms with Crippen LogP contribution in [0.5, 0.6) is 0 Å². The second-order valence-electron chi connectivity index (χ2n) is 4.79. The predicted octanol–water partition coefficient (Wildman–Crippen LogP) is 1.89. The smallest absolute Gasteiger partial charge is 0.279 e. The summed E-state index contributed by atoms with van der Waals surface area (Å²) in [6.07, 6.45) is -2.97. The Hall–Kier alpha value is -2.64. The molecule has 1 amide bonds. The molecular formula is C14H11F3N4O. The number of fused-ring (bicyclic) bond motifs is 1. The maximum Gasteiger partial charge on any atom is 0.408 e. The number of carbonyl (C=O) groups is 1. The van der Waals surface area contributed by atoms with Crippen molar-refractivity contribution in [2.75, 3.05) is 13.1 Å². The van der Waals surface area contributed by atoms with E-state index in [1.165, 1.54) is 6.20 Å². The van der Waals surface area contributed by atoms with E-state index in [1.54, 1.807) is 6.07 Å². The Morgan fingerprint density at radius 1 is 1.27 bits per heavy atom. The number of nitrogens with zero attached hydrogens (tertiary/aromatic N) is 3. The van der Waals surface area contributed by atoms with Crippen LogP contribution in [0.2, 0.25) is 0 Å². The van der Waals surface area contributed by atoms with Gasteiger partial charge < -0.3 is 0 Å². The van der Waals surface area contributed by atoms with Crippen molar-refractivity contribution in [3.8, 4) is 0 Å². The van der Waals surface area contributed by atoms with Crippen molar-refractivity contribution in [3.05, 3.63) is 42.1 Å². The fourth-order valence-corrected chi connectivity index (χ4v) is 2.12. The molecule has 1 aliphatic heterocycles. The maximum atomic E-state index is 12.5. The molecule has 3 rings (SSSR count). The standard InChI is InChI=1S/C14H11F3N4O/c15-14(16,17)8-21-12(22)7-19-13(20-21)10-5-9-3-1-2-4-11(9)18-6-10/h1-6H,7-8H2,(H,19,20). The molecule has 1 aromatic carbocycles. The lowest BCUT2D eigenvalue weighted by atomic mass is 10.1. The molecule has 5 nitrogen and oxygen atoms in total. The van der Waals surface area contributed by atoms with E-state index >= 15 is 0 Å². The summed E-state index contributed by atoms with van der Waals surface area (Å²) in [5.41, 5.74) is 3.71. The van der Waals surface area contributed by atoms with E-state index < -0.39 is 18.6 Å². The van der Waals surface area contributed by atoms with E-state index in [2.05, 4.69) is 15.4 Å². The van der Waals surface area contributed by atoms with Crippen LogP contribution in [0.3, 0.4) is 0 Å². The Labute approximate surface area is 123 Å². The van der Waals surface area contributed by atoms with Crippen LogP contribution < -0.4 is 5.43 Å². The highest BCUT2D eigenvalue weighted by atomic mass is 19.4. The summed E-state index contributed by atoms with van der Waals surface area (Å²) in [6.45, 7) is -1.70. The molecular weight excluding hydrogens is 297 g/mol. The summed E-state index contributed by atoms with van der Waals surface area (Å²) < 4.78 is 37.4. The predicted molar refractivity (Wildman–Crippen MR) is 74.1 cm³/mol. The molecule has 1 N–H and O–H groups in total. The molecule has 0 bridgehead atoms. The van der Waals surface area contributed by atoms with Crippen LogP contribution in [-0.4, -0.2) is 41.0 Å². The Balaban J connectivity index is 1.88. The minimum atomic E-state index is -4.48. The summed E-state index contributed by atoms with van der Waals surface area (Å²) in [5, 5.41) is 1.36. The number of aliphatic imine (C=N–C) groups is 1. The number of carbonyl (C=O) groups excluding carboxylic acids is 1. The highest BCUT2D eigenvalue weighted by Crippen LogP contribution is 2.18. The largest absolute Gasteiger partial charge is 0.408 e. The first kappa shape index (κ1) is 14.3. The first-order valence-corrected chi connectivity index (χ1v) is 6.46. The van der Waals surface area contributed by atoms with Gasteiger partial charge in [0, 0.05) is 17.1 Å². The molecule has 1 aliphatic rings. The van der Waals surface area contributed by atoms with Crippen molar-refractivity contribution in [1.82, 2.24) is 15.4 Å². The number of hydrazine groups is 1. The molecule has 8 heteroatoms. The van der Waals surface area contributed by atoms with Gasteiger partial charge in [-0.15, -0.1) is 0 Å². The van der Waals surface area contributed by atoms with Gasteiger partial charge in [-0.2, -0.15) is 13.2 Å².